The van der Waals surface area contributed by atoms with Crippen molar-refractivity contribution < 1.29 is 0 Å². The molecule has 3 fully saturated rings. The predicted octanol–water partition coefficient (Wildman–Crippen LogP) is 7.75. The molecule has 194 valence electrons. The van der Waals surface area contributed by atoms with Gasteiger partial charge in [0.2, 0.25) is 0 Å². The maximum Gasteiger partial charge on any atom is 0.143 e. The molecule has 2 aromatic heterocycles. The highest BCUT2D eigenvalue weighted by Crippen LogP contribution is 2.41. The number of hydrogen-bond donors (Lipinski definition) is 3. The summed E-state index contributed by atoms with van der Waals surface area (Å²) in [6.45, 7) is 15.4. The van der Waals surface area contributed by atoms with Crippen LogP contribution >= 0.6 is 0 Å². The molecule has 0 aromatic carbocycles. The number of nitrogens with one attached hydrogen (secondary N) is 3. The predicted molar refractivity (Wildman–Crippen MR) is 151 cm³/mol. The third-order valence-corrected chi connectivity index (χ3v) is 7.66. The standard InChI is InChI=1S/C21H30N4.C7H13N.C2H6/c1-5-7-9-14(3)17(8-6-2)15(4)24-20-18-12-19(16-10-11-16)25-21(18)23-13-22-20;1-2-6-4-8-5-7(6)3-1;1-2/h6,8,12-13,15-16H,5,7,9-11H2,1-4H3,(H2,22,23,24,25);6-8H,1-5H2;1-2H3/b8-6-,17-14-;;. The van der Waals surface area contributed by atoms with E-state index in [9.17, 15) is 0 Å². The van der Waals surface area contributed by atoms with E-state index in [-0.39, 0.29) is 6.04 Å². The Morgan fingerprint density at radius 2 is 1.86 bits per heavy atom. The van der Waals surface area contributed by atoms with Crippen molar-refractivity contribution in [3.05, 3.63) is 41.4 Å². The summed E-state index contributed by atoms with van der Waals surface area (Å²) in [5.74, 6) is 3.74. The highest BCUT2D eigenvalue weighted by molar-refractivity contribution is 5.88. The number of rotatable bonds is 8. The quantitative estimate of drug-likeness (QED) is 0.339. The van der Waals surface area contributed by atoms with Crippen LogP contribution in [0.3, 0.4) is 0 Å². The van der Waals surface area contributed by atoms with E-state index in [0.717, 1.165) is 35.1 Å². The molecule has 2 aromatic rings. The third kappa shape index (κ3) is 7.42. The van der Waals surface area contributed by atoms with E-state index in [1.54, 1.807) is 6.33 Å². The van der Waals surface area contributed by atoms with E-state index < -0.39 is 0 Å². The molecule has 5 nitrogen and oxygen atoms in total. The Morgan fingerprint density at radius 1 is 1.14 bits per heavy atom. The first-order valence-corrected chi connectivity index (χ1v) is 14.2. The topological polar surface area (TPSA) is 65.6 Å². The van der Waals surface area contributed by atoms with Crippen molar-refractivity contribution in [3.63, 3.8) is 0 Å². The largest absolute Gasteiger partial charge is 0.363 e. The third-order valence-electron chi connectivity index (χ3n) is 7.66. The second-order valence-electron chi connectivity index (χ2n) is 10.3. The molecule has 0 radical (unpaired) electrons. The summed E-state index contributed by atoms with van der Waals surface area (Å²) in [6, 6.07) is 2.44. The van der Waals surface area contributed by atoms with Gasteiger partial charge in [-0.05, 0) is 102 Å². The lowest BCUT2D eigenvalue weighted by Gasteiger charge is -2.19. The van der Waals surface area contributed by atoms with Gasteiger partial charge >= 0.3 is 0 Å². The van der Waals surface area contributed by atoms with Gasteiger partial charge in [0.15, 0.2) is 0 Å². The van der Waals surface area contributed by atoms with Crippen molar-refractivity contribution >= 4 is 16.9 Å². The van der Waals surface area contributed by atoms with Gasteiger partial charge in [0.1, 0.15) is 17.8 Å². The summed E-state index contributed by atoms with van der Waals surface area (Å²) >= 11 is 0. The number of fused-ring (bicyclic) bond motifs is 2. The molecule has 1 saturated heterocycles. The van der Waals surface area contributed by atoms with Crippen LogP contribution in [0.25, 0.3) is 11.0 Å². The molecule has 3 aliphatic rings. The van der Waals surface area contributed by atoms with Crippen molar-refractivity contribution in [2.45, 2.75) is 105 Å². The molecular formula is C30H49N5. The molecule has 2 aliphatic carbocycles. The average molecular weight is 480 g/mol. The highest BCUT2D eigenvalue weighted by Gasteiger charge is 2.30. The highest BCUT2D eigenvalue weighted by atomic mass is 15.1. The number of aromatic nitrogens is 3. The maximum absolute atomic E-state index is 4.52. The van der Waals surface area contributed by atoms with Gasteiger partial charge in [0.05, 0.1) is 5.39 Å². The van der Waals surface area contributed by atoms with Gasteiger partial charge in [-0.2, -0.15) is 0 Å². The SMILES string of the molecule is C/C=C\C(=C(/C)CCCC)C(C)Nc1ncnc2[nH]c(C3CC3)cc12.C1CC2CNCC2C1.CC. The summed E-state index contributed by atoms with van der Waals surface area (Å²) in [5, 5.41) is 8.14. The Bertz CT molecular complexity index is 948. The van der Waals surface area contributed by atoms with E-state index in [1.165, 1.54) is 74.9 Å². The summed E-state index contributed by atoms with van der Waals surface area (Å²) in [4.78, 5) is 12.4. The first-order chi connectivity index (χ1) is 17.1. The summed E-state index contributed by atoms with van der Waals surface area (Å²) in [6.07, 6.45) is 16.7. The molecule has 0 amide bonds. The average Bonchev–Trinajstić information content (AvgIpc) is 3.24. The normalized spacial score (nSPS) is 22.7. The minimum atomic E-state index is 0.213. The summed E-state index contributed by atoms with van der Waals surface area (Å²) in [5.41, 5.74) is 5.05. The molecule has 5 heteroatoms. The van der Waals surface area contributed by atoms with Crippen LogP contribution in [0.4, 0.5) is 5.82 Å². The van der Waals surface area contributed by atoms with Gasteiger partial charge in [-0.15, -0.1) is 0 Å². The van der Waals surface area contributed by atoms with Gasteiger partial charge in [-0.25, -0.2) is 9.97 Å². The van der Waals surface area contributed by atoms with Crippen LogP contribution < -0.4 is 10.6 Å². The zero-order valence-electron chi connectivity index (χ0n) is 23.1. The number of unbranched alkanes of at least 4 members (excludes halogenated alkanes) is 1. The molecular weight excluding hydrogens is 430 g/mol. The minimum absolute atomic E-state index is 0.213. The Kier molecular flexibility index (Phi) is 10.8. The number of H-pyrrole nitrogens is 1. The molecule has 3 unspecified atom stereocenters. The molecule has 3 N–H and O–H groups in total. The molecule has 3 heterocycles. The van der Waals surface area contributed by atoms with Gasteiger partial charge in [0.25, 0.3) is 0 Å². The zero-order valence-corrected chi connectivity index (χ0v) is 23.1. The van der Waals surface area contributed by atoms with E-state index in [4.69, 9.17) is 0 Å². The molecule has 2 saturated carbocycles. The molecule has 0 spiro atoms. The molecule has 3 atom stereocenters. The lowest BCUT2D eigenvalue weighted by atomic mass is 9.98. The first-order valence-electron chi connectivity index (χ1n) is 14.2. The number of allylic oxidation sites excluding steroid dienone is 2. The van der Waals surface area contributed by atoms with Crippen LogP contribution in [0.15, 0.2) is 35.7 Å². The fourth-order valence-corrected chi connectivity index (χ4v) is 5.50. The van der Waals surface area contributed by atoms with Crippen LogP contribution in [-0.2, 0) is 0 Å². The van der Waals surface area contributed by atoms with Crippen LogP contribution in [0, 0.1) is 11.8 Å². The molecule has 5 rings (SSSR count). The molecule has 1 aliphatic heterocycles. The Balaban J connectivity index is 0.000000283. The minimum Gasteiger partial charge on any atom is -0.363 e. The van der Waals surface area contributed by atoms with Gasteiger partial charge in [-0.3, -0.25) is 0 Å². The van der Waals surface area contributed by atoms with Crippen LogP contribution in [-0.4, -0.2) is 34.1 Å². The Labute approximate surface area is 213 Å². The summed E-state index contributed by atoms with van der Waals surface area (Å²) < 4.78 is 0. The van der Waals surface area contributed by atoms with Gasteiger partial charge in [0, 0.05) is 11.7 Å². The Morgan fingerprint density at radius 3 is 2.49 bits per heavy atom. The van der Waals surface area contributed by atoms with Crippen LogP contribution in [0.1, 0.15) is 105 Å². The molecule has 0 bridgehead atoms. The number of nitrogens with zero attached hydrogens (tertiary/aromatic N) is 2. The van der Waals surface area contributed by atoms with E-state index in [1.807, 2.05) is 13.8 Å². The van der Waals surface area contributed by atoms with Crippen molar-refractivity contribution in [1.82, 2.24) is 20.3 Å². The van der Waals surface area contributed by atoms with Crippen LogP contribution in [0.5, 0.6) is 0 Å². The lowest BCUT2D eigenvalue weighted by Crippen LogP contribution is -2.19. The van der Waals surface area contributed by atoms with Crippen molar-refractivity contribution in [2.75, 3.05) is 18.4 Å². The molecule has 35 heavy (non-hydrogen) atoms. The van der Waals surface area contributed by atoms with Crippen molar-refractivity contribution in [2.24, 2.45) is 11.8 Å². The van der Waals surface area contributed by atoms with Crippen molar-refractivity contribution in [3.8, 4) is 0 Å². The number of aromatic amines is 1. The number of hydrogen-bond acceptors (Lipinski definition) is 4. The van der Waals surface area contributed by atoms with Crippen LogP contribution in [0.2, 0.25) is 0 Å². The smallest absolute Gasteiger partial charge is 0.143 e. The van der Waals surface area contributed by atoms with Gasteiger partial charge < -0.3 is 15.6 Å². The first kappa shape index (κ1) is 27.4. The monoisotopic (exact) mass is 479 g/mol. The van der Waals surface area contributed by atoms with Crippen molar-refractivity contribution in [1.29, 1.82) is 0 Å². The van der Waals surface area contributed by atoms with E-state index in [0.29, 0.717) is 5.92 Å². The fraction of sp³-hybridized carbons (Fsp3) is 0.667. The zero-order chi connectivity index (χ0) is 25.2. The fourth-order valence-electron chi connectivity index (χ4n) is 5.50. The number of anilines is 1. The maximum atomic E-state index is 4.52. The lowest BCUT2D eigenvalue weighted by molar-refractivity contribution is 0.494. The van der Waals surface area contributed by atoms with E-state index >= 15 is 0 Å². The summed E-state index contributed by atoms with van der Waals surface area (Å²) in [7, 11) is 0. The van der Waals surface area contributed by atoms with E-state index in [2.05, 4.69) is 71.5 Å². The van der Waals surface area contributed by atoms with Gasteiger partial charge in [-0.1, -0.05) is 51.3 Å². The second-order valence-corrected chi connectivity index (χ2v) is 10.3. The second kappa shape index (κ2) is 13.8. The Hall–Kier alpha value is -2.14.